The molecule has 3 rings (SSSR count). The molecule has 0 atom stereocenters. The third kappa shape index (κ3) is 6.47. The van der Waals surface area contributed by atoms with Gasteiger partial charge in [0.15, 0.2) is 0 Å². The Kier molecular flexibility index (Phi) is 8.11. The number of aryl methyl sites for hydroxylation is 1. The Morgan fingerprint density at radius 2 is 1.30 bits per heavy atom. The molecular formula is C24H25F2NO2S. The lowest BCUT2D eigenvalue weighted by Gasteiger charge is -2.22. The highest BCUT2D eigenvalue weighted by molar-refractivity contribution is 7.96. The molecule has 3 aromatic rings. The van der Waals surface area contributed by atoms with Gasteiger partial charge < -0.3 is 9.47 Å². The molecule has 0 aliphatic carbocycles. The van der Waals surface area contributed by atoms with Gasteiger partial charge in [0, 0.05) is 24.9 Å². The maximum atomic E-state index is 13.9. The molecule has 0 bridgehead atoms. The highest BCUT2D eigenvalue weighted by Gasteiger charge is 2.11. The lowest BCUT2D eigenvalue weighted by molar-refractivity contribution is 0.413. The SMILES string of the molecule is COc1ccc(CN(Cc2ccc(OC)cc2)SCCc2ccc(F)cc2F)cc1. The van der Waals surface area contributed by atoms with E-state index in [4.69, 9.17) is 9.47 Å². The van der Waals surface area contributed by atoms with E-state index >= 15 is 0 Å². The van der Waals surface area contributed by atoms with E-state index in [1.165, 1.54) is 12.1 Å². The van der Waals surface area contributed by atoms with E-state index in [1.54, 1.807) is 26.2 Å². The third-order valence-corrected chi connectivity index (χ3v) is 5.71. The molecule has 0 aliphatic rings. The van der Waals surface area contributed by atoms with Gasteiger partial charge in [-0.15, -0.1) is 0 Å². The average molecular weight is 430 g/mol. The van der Waals surface area contributed by atoms with Crippen molar-refractivity contribution >= 4 is 11.9 Å². The molecule has 158 valence electrons. The summed E-state index contributed by atoms with van der Waals surface area (Å²) in [4.78, 5) is 0. The number of methoxy groups -OCH3 is 2. The van der Waals surface area contributed by atoms with E-state index in [1.807, 2.05) is 48.5 Å². The molecule has 0 fully saturated rings. The van der Waals surface area contributed by atoms with Gasteiger partial charge in [0.1, 0.15) is 23.1 Å². The number of halogens is 2. The molecule has 3 nitrogen and oxygen atoms in total. The van der Waals surface area contributed by atoms with Gasteiger partial charge in [-0.25, -0.2) is 13.1 Å². The quantitative estimate of drug-likeness (QED) is 0.376. The minimum atomic E-state index is -0.551. The predicted molar refractivity (Wildman–Crippen MR) is 118 cm³/mol. The zero-order valence-electron chi connectivity index (χ0n) is 17.1. The second-order valence-corrected chi connectivity index (χ2v) is 8.00. The molecule has 0 unspecified atom stereocenters. The Hall–Kier alpha value is -2.57. The first kappa shape index (κ1) is 22.1. The van der Waals surface area contributed by atoms with Crippen molar-refractivity contribution in [3.63, 3.8) is 0 Å². The topological polar surface area (TPSA) is 21.7 Å². The van der Waals surface area contributed by atoms with Gasteiger partial charge in [0.25, 0.3) is 0 Å². The summed E-state index contributed by atoms with van der Waals surface area (Å²) in [5.41, 5.74) is 2.84. The Morgan fingerprint density at radius 3 is 1.77 bits per heavy atom. The van der Waals surface area contributed by atoms with E-state index in [-0.39, 0.29) is 0 Å². The van der Waals surface area contributed by atoms with Crippen LogP contribution in [0.15, 0.2) is 66.7 Å². The molecule has 0 aliphatic heterocycles. The molecule has 0 radical (unpaired) electrons. The van der Waals surface area contributed by atoms with Crippen LogP contribution >= 0.6 is 11.9 Å². The Bertz CT molecular complexity index is 883. The van der Waals surface area contributed by atoms with Crippen LogP contribution in [0.25, 0.3) is 0 Å². The second kappa shape index (κ2) is 11.0. The van der Waals surface area contributed by atoms with E-state index < -0.39 is 11.6 Å². The van der Waals surface area contributed by atoms with Crippen LogP contribution in [0.3, 0.4) is 0 Å². The first-order valence-electron chi connectivity index (χ1n) is 9.65. The van der Waals surface area contributed by atoms with Crippen molar-refractivity contribution in [3.8, 4) is 11.5 Å². The molecule has 0 N–H and O–H groups in total. The minimum Gasteiger partial charge on any atom is -0.497 e. The first-order valence-corrected chi connectivity index (χ1v) is 10.6. The van der Waals surface area contributed by atoms with Crippen LogP contribution in [0, 0.1) is 11.6 Å². The van der Waals surface area contributed by atoms with Gasteiger partial charge >= 0.3 is 0 Å². The Morgan fingerprint density at radius 1 is 0.767 bits per heavy atom. The van der Waals surface area contributed by atoms with Gasteiger partial charge in [-0.2, -0.15) is 0 Å². The number of benzene rings is 3. The summed E-state index contributed by atoms with van der Waals surface area (Å²) in [5, 5.41) is 0. The van der Waals surface area contributed by atoms with Crippen molar-refractivity contribution in [2.45, 2.75) is 19.5 Å². The monoisotopic (exact) mass is 429 g/mol. The molecule has 0 heterocycles. The van der Waals surface area contributed by atoms with Crippen LogP contribution in [0.1, 0.15) is 16.7 Å². The summed E-state index contributed by atoms with van der Waals surface area (Å²) in [6.45, 7) is 1.46. The molecule has 6 heteroatoms. The van der Waals surface area contributed by atoms with Gasteiger partial charge in [0.05, 0.1) is 14.2 Å². The molecule has 0 aromatic heterocycles. The Labute approximate surface area is 180 Å². The van der Waals surface area contributed by atoms with Crippen LogP contribution < -0.4 is 9.47 Å². The summed E-state index contributed by atoms with van der Waals surface area (Å²) in [6, 6.07) is 19.7. The van der Waals surface area contributed by atoms with Crippen LogP contribution in [0.5, 0.6) is 11.5 Å². The zero-order valence-corrected chi connectivity index (χ0v) is 17.9. The maximum absolute atomic E-state index is 13.9. The number of hydrogen-bond acceptors (Lipinski definition) is 4. The Balaban J connectivity index is 1.66. The summed E-state index contributed by atoms with van der Waals surface area (Å²) in [7, 11) is 3.30. The fourth-order valence-corrected chi connectivity index (χ4v) is 4.08. The highest BCUT2D eigenvalue weighted by Crippen LogP contribution is 2.23. The van der Waals surface area contributed by atoms with Crippen LogP contribution in [0.2, 0.25) is 0 Å². The van der Waals surface area contributed by atoms with Crippen LogP contribution in [-0.4, -0.2) is 24.3 Å². The van der Waals surface area contributed by atoms with E-state index in [2.05, 4.69) is 4.31 Å². The molecule has 0 amide bonds. The minimum absolute atomic E-state index is 0.493. The fraction of sp³-hybridized carbons (Fsp3) is 0.250. The van der Waals surface area contributed by atoms with Gasteiger partial charge in [-0.1, -0.05) is 42.3 Å². The lowest BCUT2D eigenvalue weighted by Crippen LogP contribution is -2.16. The summed E-state index contributed by atoms with van der Waals surface area (Å²) >= 11 is 1.65. The summed E-state index contributed by atoms with van der Waals surface area (Å²) in [6.07, 6.45) is 0.526. The summed E-state index contributed by atoms with van der Waals surface area (Å²) < 4.78 is 39.7. The van der Waals surface area contributed by atoms with Crippen molar-refractivity contribution in [2.75, 3.05) is 20.0 Å². The number of ether oxygens (including phenoxy) is 2. The van der Waals surface area contributed by atoms with E-state index in [9.17, 15) is 8.78 Å². The van der Waals surface area contributed by atoms with E-state index in [0.29, 0.717) is 17.7 Å². The normalized spacial score (nSPS) is 11.0. The largest absolute Gasteiger partial charge is 0.497 e. The number of nitrogens with zero attached hydrogens (tertiary/aromatic N) is 1. The van der Waals surface area contributed by atoms with Crippen LogP contribution in [0.4, 0.5) is 8.78 Å². The average Bonchev–Trinajstić information content (AvgIpc) is 2.76. The molecule has 0 spiro atoms. The molecule has 30 heavy (non-hydrogen) atoms. The van der Waals surface area contributed by atoms with Gasteiger partial charge in [-0.05, 0) is 53.4 Å². The molecular weight excluding hydrogens is 404 g/mol. The van der Waals surface area contributed by atoms with Crippen molar-refractivity contribution in [1.82, 2.24) is 4.31 Å². The zero-order chi connectivity index (χ0) is 21.3. The first-order chi connectivity index (χ1) is 14.6. The predicted octanol–water partition coefficient (Wildman–Crippen LogP) is 5.88. The molecule has 0 saturated heterocycles. The van der Waals surface area contributed by atoms with Crippen molar-refractivity contribution < 1.29 is 18.3 Å². The summed E-state index contributed by atoms with van der Waals surface area (Å²) in [5.74, 6) is 1.28. The molecule has 3 aromatic carbocycles. The van der Waals surface area contributed by atoms with E-state index in [0.717, 1.165) is 41.8 Å². The van der Waals surface area contributed by atoms with Crippen molar-refractivity contribution in [3.05, 3.63) is 95.1 Å². The van der Waals surface area contributed by atoms with Crippen LogP contribution in [-0.2, 0) is 19.5 Å². The standard InChI is InChI=1S/C24H25F2NO2S/c1-28-22-9-3-18(4-10-22)16-27(17-19-5-11-23(29-2)12-6-19)30-14-13-20-7-8-21(25)15-24(20)26/h3-12,15H,13-14,16-17H2,1-2H3. The number of rotatable bonds is 10. The maximum Gasteiger partial charge on any atom is 0.129 e. The smallest absolute Gasteiger partial charge is 0.129 e. The van der Waals surface area contributed by atoms with Gasteiger partial charge in [0.2, 0.25) is 0 Å². The highest BCUT2D eigenvalue weighted by atomic mass is 32.2. The molecule has 0 saturated carbocycles. The fourth-order valence-electron chi connectivity index (χ4n) is 3.03. The van der Waals surface area contributed by atoms with Crippen molar-refractivity contribution in [2.24, 2.45) is 0 Å². The lowest BCUT2D eigenvalue weighted by atomic mass is 10.1. The van der Waals surface area contributed by atoms with Gasteiger partial charge in [-0.3, -0.25) is 0 Å². The second-order valence-electron chi connectivity index (χ2n) is 6.81. The third-order valence-electron chi connectivity index (χ3n) is 4.70. The van der Waals surface area contributed by atoms with Crippen molar-refractivity contribution in [1.29, 1.82) is 0 Å². The number of hydrogen-bond donors (Lipinski definition) is 0.